The van der Waals surface area contributed by atoms with Crippen LogP contribution in [0.5, 0.6) is 0 Å². The summed E-state index contributed by atoms with van der Waals surface area (Å²) < 4.78 is 27.5. The van der Waals surface area contributed by atoms with Gasteiger partial charge in [0.1, 0.15) is 0 Å². The van der Waals surface area contributed by atoms with Gasteiger partial charge < -0.3 is 4.90 Å². The van der Waals surface area contributed by atoms with Crippen molar-refractivity contribution < 1.29 is 13.2 Å². The Bertz CT molecular complexity index is 875. The van der Waals surface area contributed by atoms with Gasteiger partial charge in [0.05, 0.1) is 11.3 Å². The van der Waals surface area contributed by atoms with Crippen LogP contribution in [-0.2, 0) is 21.2 Å². The van der Waals surface area contributed by atoms with Gasteiger partial charge in [-0.3, -0.25) is 9.52 Å². The first-order valence-electron chi connectivity index (χ1n) is 7.43. The number of anilines is 2. The minimum atomic E-state index is -3.63. The van der Waals surface area contributed by atoms with E-state index in [1.807, 2.05) is 19.9 Å². The van der Waals surface area contributed by atoms with Crippen molar-refractivity contribution in [2.24, 2.45) is 0 Å². The minimum Gasteiger partial charge on any atom is -0.312 e. The van der Waals surface area contributed by atoms with E-state index >= 15 is 0 Å². The van der Waals surface area contributed by atoms with Crippen molar-refractivity contribution in [1.82, 2.24) is 0 Å². The number of sulfonamides is 1. The molecular formula is C17H18N2O3S. The van der Waals surface area contributed by atoms with E-state index in [9.17, 15) is 13.2 Å². The lowest BCUT2D eigenvalue weighted by molar-refractivity contribution is -0.117. The third-order valence-corrected chi connectivity index (χ3v) is 5.26. The third kappa shape index (κ3) is 2.94. The number of likely N-dealkylation sites (N-methyl/N-ethyl adjacent to an activating group) is 1. The molecule has 0 unspecified atom stereocenters. The molecular weight excluding hydrogens is 312 g/mol. The second-order valence-electron chi connectivity index (χ2n) is 5.58. The summed E-state index contributed by atoms with van der Waals surface area (Å²) >= 11 is 0. The van der Waals surface area contributed by atoms with Gasteiger partial charge in [-0.2, -0.15) is 0 Å². The zero-order chi connectivity index (χ0) is 16.6. The van der Waals surface area contributed by atoms with Gasteiger partial charge in [0, 0.05) is 17.9 Å². The molecule has 0 bridgehead atoms. The first-order valence-corrected chi connectivity index (χ1v) is 8.92. The molecule has 0 fully saturated rings. The summed E-state index contributed by atoms with van der Waals surface area (Å²) in [6, 6.07) is 12.0. The number of fused-ring (bicyclic) bond motifs is 1. The number of benzene rings is 2. The summed E-state index contributed by atoms with van der Waals surface area (Å²) in [6.45, 7) is 4.38. The molecule has 5 nitrogen and oxygen atoms in total. The molecule has 0 radical (unpaired) electrons. The van der Waals surface area contributed by atoms with Crippen LogP contribution in [0.25, 0.3) is 0 Å². The van der Waals surface area contributed by atoms with Gasteiger partial charge in [0.2, 0.25) is 5.91 Å². The summed E-state index contributed by atoms with van der Waals surface area (Å²) in [5, 5.41) is 0. The summed E-state index contributed by atoms with van der Waals surface area (Å²) in [4.78, 5) is 13.8. The van der Waals surface area contributed by atoms with Gasteiger partial charge >= 0.3 is 0 Å². The molecule has 3 rings (SSSR count). The number of carbonyl (C=O) groups excluding carboxylic acids is 1. The normalized spacial score (nSPS) is 14.0. The van der Waals surface area contributed by atoms with E-state index in [4.69, 9.17) is 0 Å². The van der Waals surface area contributed by atoms with Crippen LogP contribution in [0.2, 0.25) is 0 Å². The molecule has 6 heteroatoms. The van der Waals surface area contributed by atoms with Crippen molar-refractivity contribution in [3.63, 3.8) is 0 Å². The fraction of sp³-hybridized carbons (Fsp3) is 0.235. The third-order valence-electron chi connectivity index (χ3n) is 3.88. The highest BCUT2D eigenvalue weighted by Crippen LogP contribution is 2.31. The average Bonchev–Trinajstić information content (AvgIpc) is 2.81. The van der Waals surface area contributed by atoms with E-state index < -0.39 is 10.0 Å². The molecule has 1 amide bonds. The topological polar surface area (TPSA) is 66.5 Å². The second kappa shape index (κ2) is 5.70. The van der Waals surface area contributed by atoms with E-state index in [0.717, 1.165) is 16.8 Å². The molecule has 23 heavy (non-hydrogen) atoms. The van der Waals surface area contributed by atoms with Gasteiger partial charge in [-0.05, 0) is 55.3 Å². The van der Waals surface area contributed by atoms with Crippen molar-refractivity contribution in [2.45, 2.75) is 25.2 Å². The summed E-state index contributed by atoms with van der Waals surface area (Å²) in [5.74, 6) is 0.0428. The number of amides is 1. The molecule has 0 saturated carbocycles. The first kappa shape index (κ1) is 15.6. The predicted molar refractivity (Wildman–Crippen MR) is 90.2 cm³/mol. The Morgan fingerprint density at radius 1 is 1.17 bits per heavy atom. The standard InChI is InChI=1S/C17H18N2O3S/c1-3-19-16-8-7-14(10-13(16)11-17(19)20)18-23(21,22)15-6-4-5-12(2)9-15/h4-10,18H,3,11H2,1-2H3. The van der Waals surface area contributed by atoms with Gasteiger partial charge in [0.15, 0.2) is 0 Å². The highest BCUT2D eigenvalue weighted by molar-refractivity contribution is 7.92. The maximum absolute atomic E-state index is 12.5. The van der Waals surface area contributed by atoms with Gasteiger partial charge in [-0.1, -0.05) is 12.1 Å². The number of nitrogens with one attached hydrogen (secondary N) is 1. The quantitative estimate of drug-likeness (QED) is 0.937. The maximum atomic E-state index is 12.5. The molecule has 0 saturated heterocycles. The van der Waals surface area contributed by atoms with Crippen molar-refractivity contribution in [3.05, 3.63) is 53.6 Å². The molecule has 0 aromatic heterocycles. The molecule has 0 atom stereocenters. The highest BCUT2D eigenvalue weighted by Gasteiger charge is 2.26. The maximum Gasteiger partial charge on any atom is 0.261 e. The zero-order valence-electron chi connectivity index (χ0n) is 13.0. The minimum absolute atomic E-state index is 0.0428. The van der Waals surface area contributed by atoms with E-state index in [0.29, 0.717) is 18.7 Å². The number of hydrogen-bond donors (Lipinski definition) is 1. The number of carbonyl (C=O) groups is 1. The molecule has 1 N–H and O–H groups in total. The van der Waals surface area contributed by atoms with Crippen LogP contribution in [0.1, 0.15) is 18.1 Å². The van der Waals surface area contributed by atoms with Crippen molar-refractivity contribution in [1.29, 1.82) is 0 Å². The van der Waals surface area contributed by atoms with Gasteiger partial charge in [0.25, 0.3) is 10.0 Å². The van der Waals surface area contributed by atoms with E-state index in [2.05, 4.69) is 4.72 Å². The highest BCUT2D eigenvalue weighted by atomic mass is 32.2. The Hall–Kier alpha value is -2.34. The second-order valence-corrected chi connectivity index (χ2v) is 7.26. The molecule has 1 aliphatic heterocycles. The SMILES string of the molecule is CCN1C(=O)Cc2cc(NS(=O)(=O)c3cccc(C)c3)ccc21. The van der Waals surface area contributed by atoms with Crippen LogP contribution in [0, 0.1) is 6.92 Å². The average molecular weight is 330 g/mol. The molecule has 0 spiro atoms. The molecule has 2 aromatic rings. The lowest BCUT2D eigenvalue weighted by Gasteiger charge is -2.15. The Kier molecular flexibility index (Phi) is 3.85. The molecule has 0 aliphatic carbocycles. The lowest BCUT2D eigenvalue weighted by Crippen LogP contribution is -2.25. The van der Waals surface area contributed by atoms with Crippen LogP contribution in [-0.4, -0.2) is 20.9 Å². The fourth-order valence-electron chi connectivity index (χ4n) is 2.79. The van der Waals surface area contributed by atoms with Crippen molar-refractivity contribution in [3.8, 4) is 0 Å². The van der Waals surface area contributed by atoms with Crippen LogP contribution in [0.3, 0.4) is 0 Å². The molecule has 2 aromatic carbocycles. The first-order chi connectivity index (χ1) is 10.9. The smallest absolute Gasteiger partial charge is 0.261 e. The number of aryl methyl sites for hydroxylation is 1. The Balaban J connectivity index is 1.90. The van der Waals surface area contributed by atoms with Gasteiger partial charge in [-0.15, -0.1) is 0 Å². The van der Waals surface area contributed by atoms with Crippen LogP contribution in [0.4, 0.5) is 11.4 Å². The predicted octanol–water partition coefficient (Wildman–Crippen LogP) is 2.70. The van der Waals surface area contributed by atoms with Crippen LogP contribution in [0.15, 0.2) is 47.4 Å². The monoisotopic (exact) mass is 330 g/mol. The number of rotatable bonds is 4. The molecule has 1 heterocycles. The largest absolute Gasteiger partial charge is 0.312 e. The molecule has 120 valence electrons. The Morgan fingerprint density at radius 2 is 1.96 bits per heavy atom. The van der Waals surface area contributed by atoms with E-state index in [-0.39, 0.29) is 10.8 Å². The zero-order valence-corrected chi connectivity index (χ0v) is 13.9. The van der Waals surface area contributed by atoms with Crippen molar-refractivity contribution in [2.75, 3.05) is 16.2 Å². The fourth-order valence-corrected chi connectivity index (χ4v) is 3.94. The summed E-state index contributed by atoms with van der Waals surface area (Å²) in [7, 11) is -3.63. The van der Waals surface area contributed by atoms with E-state index in [1.165, 1.54) is 0 Å². The van der Waals surface area contributed by atoms with E-state index in [1.54, 1.807) is 41.3 Å². The molecule has 1 aliphatic rings. The number of hydrogen-bond acceptors (Lipinski definition) is 3. The number of nitrogens with zero attached hydrogens (tertiary/aromatic N) is 1. The van der Waals surface area contributed by atoms with Crippen molar-refractivity contribution >= 4 is 27.3 Å². The summed E-state index contributed by atoms with van der Waals surface area (Å²) in [5.41, 5.74) is 3.05. The lowest BCUT2D eigenvalue weighted by atomic mass is 10.1. The van der Waals surface area contributed by atoms with Crippen LogP contribution < -0.4 is 9.62 Å². The summed E-state index contributed by atoms with van der Waals surface area (Å²) in [6.07, 6.45) is 0.309. The Morgan fingerprint density at radius 3 is 2.65 bits per heavy atom. The van der Waals surface area contributed by atoms with Crippen LogP contribution >= 0.6 is 0 Å². The van der Waals surface area contributed by atoms with Gasteiger partial charge in [-0.25, -0.2) is 8.42 Å². The Labute approximate surface area is 136 Å².